The van der Waals surface area contributed by atoms with E-state index in [1.807, 2.05) is 0 Å². The number of nitrogens with zero attached hydrogens (tertiary/aromatic N) is 1. The second-order valence-corrected chi connectivity index (χ2v) is 3.46. The molecule has 4 heteroatoms. The maximum Gasteiger partial charge on any atom is 0.188 e. The number of nitrogens with one attached hydrogen (secondary N) is 1. The Balaban J connectivity index is 2.52. The average molecular weight is 178 g/mol. The number of carbonyl (C=O) groups is 1. The number of carbonyl (C=O) groups excluding carboxylic acids is 1. The Kier molecular flexibility index (Phi) is 1.68. The standard InChI is InChI=1S/C8H6N2OS/c1-2-7-10-5-3-9-4-6(11)8(5)12-7/h1,9H,3-4H2. The summed E-state index contributed by atoms with van der Waals surface area (Å²) in [5.74, 6) is 2.52. The SMILES string of the molecule is C#Cc1nc2c(s1)C(=O)CNC2. The summed E-state index contributed by atoms with van der Waals surface area (Å²) in [5.41, 5.74) is 0.796. The summed E-state index contributed by atoms with van der Waals surface area (Å²) in [6.07, 6.45) is 5.17. The number of ketones is 1. The van der Waals surface area contributed by atoms with E-state index < -0.39 is 0 Å². The Hall–Kier alpha value is -1.18. The number of hydrogen-bond donors (Lipinski definition) is 1. The molecule has 1 aromatic rings. The van der Waals surface area contributed by atoms with Gasteiger partial charge in [0.25, 0.3) is 0 Å². The molecule has 2 rings (SSSR count). The van der Waals surface area contributed by atoms with Gasteiger partial charge >= 0.3 is 0 Å². The van der Waals surface area contributed by atoms with Crippen molar-refractivity contribution < 1.29 is 4.79 Å². The molecule has 0 saturated carbocycles. The third-order valence-corrected chi connectivity index (χ3v) is 2.72. The number of aromatic nitrogens is 1. The van der Waals surface area contributed by atoms with Gasteiger partial charge in [0.15, 0.2) is 10.8 Å². The van der Waals surface area contributed by atoms with E-state index in [0.29, 0.717) is 18.1 Å². The van der Waals surface area contributed by atoms with Crippen LogP contribution in [0.4, 0.5) is 0 Å². The van der Waals surface area contributed by atoms with Gasteiger partial charge in [0, 0.05) is 6.54 Å². The van der Waals surface area contributed by atoms with Gasteiger partial charge in [0.05, 0.1) is 17.1 Å². The number of rotatable bonds is 0. The third kappa shape index (κ3) is 1.04. The lowest BCUT2D eigenvalue weighted by Gasteiger charge is -2.08. The van der Waals surface area contributed by atoms with Crippen molar-refractivity contribution in [1.29, 1.82) is 0 Å². The Morgan fingerprint density at radius 2 is 2.42 bits per heavy atom. The van der Waals surface area contributed by atoms with Gasteiger partial charge in [-0.25, -0.2) is 4.98 Å². The zero-order chi connectivity index (χ0) is 8.55. The van der Waals surface area contributed by atoms with Crippen molar-refractivity contribution in [3.05, 3.63) is 15.6 Å². The van der Waals surface area contributed by atoms with E-state index in [0.717, 1.165) is 10.6 Å². The molecule has 0 saturated heterocycles. The van der Waals surface area contributed by atoms with Crippen LogP contribution in [-0.4, -0.2) is 17.3 Å². The molecule has 0 atom stereocenters. The number of hydrogen-bond acceptors (Lipinski definition) is 4. The van der Waals surface area contributed by atoms with Crippen LogP contribution in [0.2, 0.25) is 0 Å². The first-order valence-corrected chi connectivity index (χ1v) is 4.33. The van der Waals surface area contributed by atoms with Crippen molar-refractivity contribution in [2.24, 2.45) is 0 Å². The van der Waals surface area contributed by atoms with E-state index in [2.05, 4.69) is 16.2 Å². The van der Waals surface area contributed by atoms with Crippen molar-refractivity contribution in [3.8, 4) is 12.3 Å². The molecule has 0 radical (unpaired) electrons. The highest BCUT2D eigenvalue weighted by Crippen LogP contribution is 2.20. The molecule has 60 valence electrons. The van der Waals surface area contributed by atoms with Crippen LogP contribution in [0.25, 0.3) is 0 Å². The van der Waals surface area contributed by atoms with Gasteiger partial charge in [-0.15, -0.1) is 17.8 Å². The highest BCUT2D eigenvalue weighted by Gasteiger charge is 2.20. The molecule has 12 heavy (non-hydrogen) atoms. The molecule has 3 nitrogen and oxygen atoms in total. The topological polar surface area (TPSA) is 42.0 Å². The lowest BCUT2D eigenvalue weighted by Crippen LogP contribution is -2.28. The summed E-state index contributed by atoms with van der Waals surface area (Å²) in [7, 11) is 0. The van der Waals surface area contributed by atoms with Crippen molar-refractivity contribution in [2.75, 3.05) is 6.54 Å². The van der Waals surface area contributed by atoms with Crippen molar-refractivity contribution >= 4 is 17.1 Å². The predicted octanol–water partition coefficient (Wildman–Crippen LogP) is 0.410. The zero-order valence-electron chi connectivity index (χ0n) is 6.26. The van der Waals surface area contributed by atoms with E-state index in [9.17, 15) is 4.79 Å². The van der Waals surface area contributed by atoms with Gasteiger partial charge < -0.3 is 5.32 Å². The molecule has 1 aromatic heterocycles. The van der Waals surface area contributed by atoms with Crippen LogP contribution in [-0.2, 0) is 6.54 Å². The van der Waals surface area contributed by atoms with Gasteiger partial charge in [0.2, 0.25) is 0 Å². The fraction of sp³-hybridized carbons (Fsp3) is 0.250. The summed E-state index contributed by atoms with van der Waals surface area (Å²) in [4.78, 5) is 16.1. The first-order valence-electron chi connectivity index (χ1n) is 3.51. The fourth-order valence-corrected chi connectivity index (χ4v) is 1.96. The first-order chi connectivity index (χ1) is 5.81. The summed E-state index contributed by atoms with van der Waals surface area (Å²) < 4.78 is 0. The van der Waals surface area contributed by atoms with Gasteiger partial charge in [-0.05, 0) is 5.92 Å². The van der Waals surface area contributed by atoms with Crippen LogP contribution in [0.1, 0.15) is 20.4 Å². The zero-order valence-corrected chi connectivity index (χ0v) is 7.07. The molecule has 0 aliphatic carbocycles. The third-order valence-electron chi connectivity index (χ3n) is 1.65. The van der Waals surface area contributed by atoms with Crippen LogP contribution < -0.4 is 5.32 Å². The van der Waals surface area contributed by atoms with Crippen LogP contribution in [0, 0.1) is 12.3 Å². The number of terminal acetylenes is 1. The van der Waals surface area contributed by atoms with E-state index in [1.54, 1.807) is 0 Å². The Bertz CT molecular complexity index is 375. The minimum atomic E-state index is 0.0928. The van der Waals surface area contributed by atoms with Crippen LogP contribution >= 0.6 is 11.3 Å². The van der Waals surface area contributed by atoms with Crippen molar-refractivity contribution in [2.45, 2.75) is 6.54 Å². The monoisotopic (exact) mass is 178 g/mol. The number of thiazole rings is 1. The fourth-order valence-electron chi connectivity index (χ4n) is 1.13. The Labute approximate surface area is 73.8 Å². The highest BCUT2D eigenvalue weighted by atomic mass is 32.1. The van der Waals surface area contributed by atoms with Crippen LogP contribution in [0.15, 0.2) is 0 Å². The van der Waals surface area contributed by atoms with E-state index in [-0.39, 0.29) is 5.78 Å². The lowest BCUT2D eigenvalue weighted by atomic mass is 10.2. The smallest absolute Gasteiger partial charge is 0.188 e. The maximum absolute atomic E-state index is 11.3. The van der Waals surface area contributed by atoms with Crippen molar-refractivity contribution in [3.63, 3.8) is 0 Å². The quantitative estimate of drug-likeness (QED) is 0.585. The molecule has 1 aliphatic rings. The van der Waals surface area contributed by atoms with Gasteiger partial charge in [-0.1, -0.05) is 0 Å². The molecule has 0 bridgehead atoms. The first kappa shape index (κ1) is 7.47. The average Bonchev–Trinajstić information content (AvgIpc) is 2.49. The molecule has 0 unspecified atom stereocenters. The van der Waals surface area contributed by atoms with E-state index in [4.69, 9.17) is 6.42 Å². The minimum absolute atomic E-state index is 0.0928. The maximum atomic E-state index is 11.3. The number of fused-ring (bicyclic) bond motifs is 1. The summed E-state index contributed by atoms with van der Waals surface area (Å²) in [5, 5.41) is 3.55. The van der Waals surface area contributed by atoms with E-state index >= 15 is 0 Å². The largest absolute Gasteiger partial charge is 0.304 e. The second kappa shape index (κ2) is 2.70. The molecular weight excluding hydrogens is 172 g/mol. The van der Waals surface area contributed by atoms with E-state index in [1.165, 1.54) is 11.3 Å². The second-order valence-electron chi connectivity index (χ2n) is 2.47. The normalized spacial score (nSPS) is 15.4. The van der Waals surface area contributed by atoms with Crippen molar-refractivity contribution in [1.82, 2.24) is 10.3 Å². The lowest BCUT2D eigenvalue weighted by molar-refractivity contribution is 0.0986. The molecular formula is C8H6N2OS. The molecule has 0 aromatic carbocycles. The summed E-state index contributed by atoms with van der Waals surface area (Å²) >= 11 is 1.31. The molecule has 0 amide bonds. The Morgan fingerprint density at radius 1 is 1.58 bits per heavy atom. The predicted molar refractivity (Wildman–Crippen MR) is 46.1 cm³/mol. The number of Topliss-reactive ketones (excluding diaryl/α,β-unsaturated/α-hetero) is 1. The van der Waals surface area contributed by atoms with Gasteiger partial charge in [0.1, 0.15) is 0 Å². The molecule has 0 spiro atoms. The van der Waals surface area contributed by atoms with Gasteiger partial charge in [-0.3, -0.25) is 4.79 Å². The van der Waals surface area contributed by atoms with Crippen LogP contribution in [0.3, 0.4) is 0 Å². The van der Waals surface area contributed by atoms with Crippen LogP contribution in [0.5, 0.6) is 0 Å². The Morgan fingerprint density at radius 3 is 3.08 bits per heavy atom. The molecule has 1 N–H and O–H groups in total. The minimum Gasteiger partial charge on any atom is -0.304 e. The summed E-state index contributed by atoms with van der Waals surface area (Å²) in [6.45, 7) is 1.05. The summed E-state index contributed by atoms with van der Waals surface area (Å²) in [6, 6.07) is 0. The molecule has 2 heterocycles. The molecule has 0 fully saturated rings. The molecule has 1 aliphatic heterocycles. The van der Waals surface area contributed by atoms with Gasteiger partial charge in [-0.2, -0.15) is 0 Å². The highest BCUT2D eigenvalue weighted by molar-refractivity contribution is 7.14.